The minimum Gasteiger partial charge on any atom is -0.444 e. The van der Waals surface area contributed by atoms with Crippen molar-refractivity contribution in [3.05, 3.63) is 45.7 Å². The van der Waals surface area contributed by atoms with Gasteiger partial charge in [0.15, 0.2) is 10.8 Å². The van der Waals surface area contributed by atoms with Crippen LogP contribution in [0.5, 0.6) is 0 Å². The number of hydrogen-bond acceptors (Lipinski definition) is 7. The van der Waals surface area contributed by atoms with Crippen LogP contribution in [0.4, 0.5) is 11.4 Å². The van der Waals surface area contributed by atoms with E-state index in [1.807, 2.05) is 0 Å². The molecule has 0 amide bonds. The monoisotopic (exact) mass is 326 g/mol. The van der Waals surface area contributed by atoms with Crippen molar-refractivity contribution < 1.29 is 17.8 Å². The van der Waals surface area contributed by atoms with Crippen LogP contribution in [0.1, 0.15) is 17.3 Å². The van der Waals surface area contributed by atoms with Gasteiger partial charge in [-0.3, -0.25) is 10.1 Å². The Balaban J connectivity index is 2.39. The molecule has 22 heavy (non-hydrogen) atoms. The fourth-order valence-corrected chi connectivity index (χ4v) is 2.72. The third kappa shape index (κ3) is 3.23. The predicted molar refractivity (Wildman–Crippen MR) is 77.8 cm³/mol. The number of hydrogen-bond donors (Lipinski definition) is 2. The molecule has 1 aromatic carbocycles. The summed E-state index contributed by atoms with van der Waals surface area (Å²) in [5, 5.41) is 19.0. The summed E-state index contributed by atoms with van der Waals surface area (Å²) in [5.41, 5.74) is 0.0825. The number of sulfonamides is 1. The van der Waals surface area contributed by atoms with Gasteiger partial charge in [0.05, 0.1) is 17.2 Å². The normalized spacial score (nSPS) is 11.4. The summed E-state index contributed by atoms with van der Waals surface area (Å²) in [7, 11) is -4.21. The molecule has 10 heteroatoms. The van der Waals surface area contributed by atoms with Crippen molar-refractivity contribution in [1.29, 1.82) is 0 Å². The molecule has 3 N–H and O–H groups in total. The predicted octanol–water partition coefficient (Wildman–Crippen LogP) is 1.46. The number of nitrogens with zero attached hydrogens (tertiary/aromatic N) is 2. The molecule has 0 spiro atoms. The molecule has 0 atom stereocenters. The molecule has 2 rings (SSSR count). The van der Waals surface area contributed by atoms with E-state index in [0.29, 0.717) is 17.3 Å². The first kappa shape index (κ1) is 15.9. The minimum absolute atomic E-state index is 0.0324. The molecular formula is C12H14N4O5S. The topological polar surface area (TPSA) is 141 Å². The molecular weight excluding hydrogens is 312 g/mol. The number of anilines is 1. The van der Waals surface area contributed by atoms with E-state index in [0.717, 1.165) is 6.07 Å². The fraction of sp³-hybridized carbons (Fsp3) is 0.250. The highest BCUT2D eigenvalue weighted by Gasteiger charge is 2.26. The summed E-state index contributed by atoms with van der Waals surface area (Å²) in [6.07, 6.45) is 0. The number of primary sulfonamides is 1. The molecule has 0 saturated heterocycles. The van der Waals surface area contributed by atoms with Crippen molar-refractivity contribution >= 4 is 21.4 Å². The van der Waals surface area contributed by atoms with Crippen molar-refractivity contribution in [1.82, 2.24) is 4.98 Å². The number of nitrogens with two attached hydrogens (primary N) is 1. The molecule has 0 aliphatic heterocycles. The molecule has 0 saturated carbocycles. The van der Waals surface area contributed by atoms with Gasteiger partial charge >= 0.3 is 5.69 Å². The van der Waals surface area contributed by atoms with Crippen LogP contribution >= 0.6 is 0 Å². The maximum absolute atomic E-state index is 11.5. The van der Waals surface area contributed by atoms with Gasteiger partial charge in [0.25, 0.3) is 0 Å². The van der Waals surface area contributed by atoms with Gasteiger partial charge in [0, 0.05) is 6.92 Å². The van der Waals surface area contributed by atoms with E-state index < -0.39 is 25.5 Å². The van der Waals surface area contributed by atoms with Crippen molar-refractivity contribution in [3.63, 3.8) is 0 Å². The minimum atomic E-state index is -4.21. The quantitative estimate of drug-likeness (QED) is 0.625. The SMILES string of the molecule is Cc1nc(C)c(CNc2cccc(S(N)(=O)=O)c2[N+](=O)[O-])o1. The summed E-state index contributed by atoms with van der Waals surface area (Å²) in [5.74, 6) is 0.981. The number of aromatic nitrogens is 1. The zero-order valence-corrected chi connectivity index (χ0v) is 12.7. The Morgan fingerprint density at radius 2 is 2.09 bits per heavy atom. The zero-order valence-electron chi connectivity index (χ0n) is 11.9. The summed E-state index contributed by atoms with van der Waals surface area (Å²) >= 11 is 0. The third-order valence-corrected chi connectivity index (χ3v) is 3.87. The molecule has 9 nitrogen and oxygen atoms in total. The lowest BCUT2D eigenvalue weighted by atomic mass is 10.2. The maximum atomic E-state index is 11.5. The lowest BCUT2D eigenvalue weighted by molar-refractivity contribution is -0.386. The van der Waals surface area contributed by atoms with Crippen molar-refractivity contribution in [3.8, 4) is 0 Å². The van der Waals surface area contributed by atoms with E-state index in [1.54, 1.807) is 13.8 Å². The first-order valence-electron chi connectivity index (χ1n) is 6.17. The number of nitro groups is 1. The highest BCUT2D eigenvalue weighted by Crippen LogP contribution is 2.31. The molecule has 0 bridgehead atoms. The van der Waals surface area contributed by atoms with Crippen LogP contribution in [0.25, 0.3) is 0 Å². The Labute approximate surface area is 126 Å². The average Bonchev–Trinajstić information content (AvgIpc) is 2.73. The lowest BCUT2D eigenvalue weighted by Gasteiger charge is -2.08. The van der Waals surface area contributed by atoms with Crippen LogP contribution in [0.2, 0.25) is 0 Å². The molecule has 0 aliphatic rings. The second-order valence-electron chi connectivity index (χ2n) is 4.55. The van der Waals surface area contributed by atoms with Crippen LogP contribution in [0, 0.1) is 24.0 Å². The average molecular weight is 326 g/mol. The number of benzene rings is 1. The molecule has 0 aliphatic carbocycles. The first-order valence-corrected chi connectivity index (χ1v) is 7.71. The van der Waals surface area contributed by atoms with Gasteiger partial charge in [-0.2, -0.15) is 0 Å². The third-order valence-electron chi connectivity index (χ3n) is 2.93. The van der Waals surface area contributed by atoms with Gasteiger partial charge in [-0.05, 0) is 19.1 Å². The van der Waals surface area contributed by atoms with Gasteiger partial charge < -0.3 is 9.73 Å². The summed E-state index contributed by atoms with van der Waals surface area (Å²) in [6.45, 7) is 3.55. The smallest absolute Gasteiger partial charge is 0.312 e. The summed E-state index contributed by atoms with van der Waals surface area (Å²) < 4.78 is 28.3. The zero-order chi connectivity index (χ0) is 16.5. The van der Waals surface area contributed by atoms with Gasteiger partial charge in [-0.25, -0.2) is 18.5 Å². The van der Waals surface area contributed by atoms with Crippen LogP contribution in [0.3, 0.4) is 0 Å². The van der Waals surface area contributed by atoms with E-state index in [2.05, 4.69) is 10.3 Å². The van der Waals surface area contributed by atoms with E-state index in [1.165, 1.54) is 12.1 Å². The van der Waals surface area contributed by atoms with E-state index in [-0.39, 0.29) is 12.2 Å². The van der Waals surface area contributed by atoms with Gasteiger partial charge in [-0.1, -0.05) is 6.07 Å². The largest absolute Gasteiger partial charge is 0.444 e. The molecule has 0 radical (unpaired) electrons. The standard InChI is InChI=1S/C12H14N4O5S/c1-7-10(21-8(2)15-7)6-14-9-4-3-5-11(22(13,19)20)12(9)16(17)18/h3-5,14H,6H2,1-2H3,(H2,13,19,20). The van der Waals surface area contributed by atoms with E-state index in [9.17, 15) is 18.5 Å². The molecule has 1 heterocycles. The summed E-state index contributed by atoms with van der Waals surface area (Å²) in [6, 6.07) is 3.85. The van der Waals surface area contributed by atoms with Gasteiger partial charge in [0.1, 0.15) is 11.4 Å². The highest BCUT2D eigenvalue weighted by molar-refractivity contribution is 7.89. The second-order valence-corrected chi connectivity index (χ2v) is 6.08. The summed E-state index contributed by atoms with van der Waals surface area (Å²) in [4.78, 5) is 13.9. The molecule has 2 aromatic rings. The van der Waals surface area contributed by atoms with Crippen LogP contribution in [0.15, 0.2) is 27.5 Å². The second kappa shape index (κ2) is 5.73. The van der Waals surface area contributed by atoms with Gasteiger partial charge in [0.2, 0.25) is 10.0 Å². The highest BCUT2D eigenvalue weighted by atomic mass is 32.2. The van der Waals surface area contributed by atoms with Crippen molar-refractivity contribution in [2.75, 3.05) is 5.32 Å². The number of nitrogens with one attached hydrogen (secondary N) is 1. The Hall–Kier alpha value is -2.46. The Morgan fingerprint density at radius 3 is 2.59 bits per heavy atom. The fourth-order valence-electron chi connectivity index (χ4n) is 2.00. The number of oxazole rings is 1. The number of nitro benzene ring substituents is 1. The van der Waals surface area contributed by atoms with Crippen molar-refractivity contribution in [2.24, 2.45) is 5.14 Å². The lowest BCUT2D eigenvalue weighted by Crippen LogP contribution is -2.15. The maximum Gasteiger partial charge on any atom is 0.312 e. The number of rotatable bonds is 5. The van der Waals surface area contributed by atoms with E-state index >= 15 is 0 Å². The Kier molecular flexibility index (Phi) is 4.15. The molecule has 1 aromatic heterocycles. The molecule has 0 unspecified atom stereocenters. The number of aryl methyl sites for hydroxylation is 2. The molecule has 118 valence electrons. The van der Waals surface area contributed by atoms with Crippen LogP contribution in [-0.4, -0.2) is 18.3 Å². The number of para-hydroxylation sites is 1. The Bertz CT molecular complexity index is 828. The van der Waals surface area contributed by atoms with Crippen LogP contribution < -0.4 is 10.5 Å². The Morgan fingerprint density at radius 1 is 1.41 bits per heavy atom. The molecule has 0 fully saturated rings. The van der Waals surface area contributed by atoms with E-state index in [4.69, 9.17) is 9.56 Å². The van der Waals surface area contributed by atoms with Crippen LogP contribution in [-0.2, 0) is 16.6 Å². The van der Waals surface area contributed by atoms with Crippen molar-refractivity contribution in [2.45, 2.75) is 25.3 Å². The first-order chi connectivity index (χ1) is 10.2. The van der Waals surface area contributed by atoms with Gasteiger partial charge in [-0.15, -0.1) is 0 Å².